The number of rotatable bonds is 4. The fourth-order valence-corrected chi connectivity index (χ4v) is 3.34. The summed E-state index contributed by atoms with van der Waals surface area (Å²) in [6, 6.07) is 0.270. The Labute approximate surface area is 132 Å². The maximum atomic E-state index is 11.6. The summed E-state index contributed by atoms with van der Waals surface area (Å²) >= 11 is 3.61. The Morgan fingerprint density at radius 2 is 2.33 bits per heavy atom. The van der Waals surface area contributed by atoms with Gasteiger partial charge in [0.2, 0.25) is 0 Å². The van der Waals surface area contributed by atoms with Gasteiger partial charge >= 0.3 is 6.03 Å². The minimum Gasteiger partial charge on any atom is -0.369 e. The van der Waals surface area contributed by atoms with Gasteiger partial charge in [0.05, 0.1) is 6.04 Å². The number of nitrogens with zero attached hydrogens (tertiary/aromatic N) is 4. The number of fused-ring (bicyclic) bond motifs is 1. The highest BCUT2D eigenvalue weighted by Gasteiger charge is 2.36. The summed E-state index contributed by atoms with van der Waals surface area (Å²) in [5.41, 5.74) is 0. The second kappa shape index (κ2) is 6.05. The molecule has 1 unspecified atom stereocenters. The second-order valence-corrected chi connectivity index (χ2v) is 6.06. The Bertz CT molecular complexity index is 539. The van der Waals surface area contributed by atoms with E-state index in [1.165, 1.54) is 0 Å². The first-order valence-electron chi connectivity index (χ1n) is 7.24. The molecule has 0 saturated carbocycles. The first-order chi connectivity index (χ1) is 10.2. The molecule has 1 atom stereocenters. The molecule has 21 heavy (non-hydrogen) atoms. The Morgan fingerprint density at radius 1 is 1.48 bits per heavy atom. The largest absolute Gasteiger partial charge is 0.369 e. The van der Waals surface area contributed by atoms with E-state index in [0.717, 1.165) is 48.7 Å². The van der Waals surface area contributed by atoms with E-state index in [1.54, 1.807) is 6.33 Å². The molecular formula is C13H19BrN6O. The van der Waals surface area contributed by atoms with Gasteiger partial charge in [-0.25, -0.2) is 14.8 Å². The number of carbonyl (C=O) groups excluding carboxylic acids is 1. The van der Waals surface area contributed by atoms with Crippen LogP contribution in [0.4, 0.5) is 16.4 Å². The van der Waals surface area contributed by atoms with Crippen LogP contribution in [0.1, 0.15) is 13.3 Å². The van der Waals surface area contributed by atoms with Crippen molar-refractivity contribution in [2.24, 2.45) is 0 Å². The molecule has 1 aromatic rings. The lowest BCUT2D eigenvalue weighted by atomic mass is 10.2. The summed E-state index contributed by atoms with van der Waals surface area (Å²) < 4.78 is 0.893. The molecule has 0 aromatic carbocycles. The van der Waals surface area contributed by atoms with Gasteiger partial charge in [-0.3, -0.25) is 0 Å². The van der Waals surface area contributed by atoms with E-state index in [1.807, 2.05) is 4.90 Å². The van der Waals surface area contributed by atoms with Crippen LogP contribution in [0.15, 0.2) is 10.8 Å². The molecule has 0 aliphatic carbocycles. The van der Waals surface area contributed by atoms with Gasteiger partial charge in [0.25, 0.3) is 0 Å². The summed E-state index contributed by atoms with van der Waals surface area (Å²) in [5.74, 6) is 1.72. The second-order valence-electron chi connectivity index (χ2n) is 5.27. The van der Waals surface area contributed by atoms with E-state index in [9.17, 15) is 4.79 Å². The minimum absolute atomic E-state index is 0.0479. The molecular weight excluding hydrogens is 336 g/mol. The fraction of sp³-hybridized carbons (Fsp3) is 0.615. The van der Waals surface area contributed by atoms with Crippen molar-refractivity contribution in [3.63, 3.8) is 0 Å². The fourth-order valence-electron chi connectivity index (χ4n) is 2.74. The lowest BCUT2D eigenvalue weighted by Crippen LogP contribution is -2.52. The lowest BCUT2D eigenvalue weighted by molar-refractivity contribution is 0.197. The summed E-state index contributed by atoms with van der Waals surface area (Å²) in [6.07, 6.45) is 2.63. The summed E-state index contributed by atoms with van der Waals surface area (Å²) in [6.45, 7) is 6.01. The average molecular weight is 355 g/mol. The SMILES string of the molecule is CCCNc1ncnc(N2CCN3C(=O)NCC3C2)c1Br. The Hall–Kier alpha value is -1.57. The van der Waals surface area contributed by atoms with E-state index in [4.69, 9.17) is 0 Å². The van der Waals surface area contributed by atoms with Crippen LogP contribution in [-0.2, 0) is 0 Å². The van der Waals surface area contributed by atoms with Gasteiger partial charge < -0.3 is 20.4 Å². The third-order valence-electron chi connectivity index (χ3n) is 3.85. The molecule has 2 aliphatic heterocycles. The zero-order valence-electron chi connectivity index (χ0n) is 12.0. The van der Waals surface area contributed by atoms with Crippen LogP contribution >= 0.6 is 15.9 Å². The number of halogens is 1. The number of piperazine rings is 1. The van der Waals surface area contributed by atoms with Gasteiger partial charge in [-0.1, -0.05) is 6.92 Å². The van der Waals surface area contributed by atoms with E-state index in [0.29, 0.717) is 6.54 Å². The molecule has 7 nitrogen and oxygen atoms in total. The number of urea groups is 1. The van der Waals surface area contributed by atoms with Crippen molar-refractivity contribution >= 4 is 33.6 Å². The summed E-state index contributed by atoms with van der Waals surface area (Å²) in [5, 5.41) is 6.18. The van der Waals surface area contributed by atoms with Crippen molar-refractivity contribution in [1.82, 2.24) is 20.2 Å². The Morgan fingerprint density at radius 3 is 3.14 bits per heavy atom. The molecule has 2 N–H and O–H groups in total. The van der Waals surface area contributed by atoms with Crippen molar-refractivity contribution in [3.05, 3.63) is 10.8 Å². The topological polar surface area (TPSA) is 73.4 Å². The van der Waals surface area contributed by atoms with E-state index >= 15 is 0 Å². The number of hydrogen-bond acceptors (Lipinski definition) is 5. The highest BCUT2D eigenvalue weighted by Crippen LogP contribution is 2.31. The average Bonchev–Trinajstić information content (AvgIpc) is 2.87. The van der Waals surface area contributed by atoms with Gasteiger partial charge in [-0.05, 0) is 22.4 Å². The van der Waals surface area contributed by atoms with Crippen molar-refractivity contribution in [2.45, 2.75) is 19.4 Å². The number of anilines is 2. The molecule has 1 aromatic heterocycles. The third-order valence-corrected chi connectivity index (χ3v) is 4.58. The highest BCUT2D eigenvalue weighted by atomic mass is 79.9. The number of carbonyl (C=O) groups is 1. The van der Waals surface area contributed by atoms with Crippen LogP contribution in [0.3, 0.4) is 0 Å². The molecule has 0 spiro atoms. The van der Waals surface area contributed by atoms with Gasteiger partial charge in [-0.2, -0.15) is 0 Å². The summed E-state index contributed by atoms with van der Waals surface area (Å²) in [7, 11) is 0. The molecule has 0 radical (unpaired) electrons. The van der Waals surface area contributed by atoms with Gasteiger partial charge in [0.1, 0.15) is 22.4 Å². The zero-order chi connectivity index (χ0) is 14.8. The van der Waals surface area contributed by atoms with Crippen LogP contribution in [0.25, 0.3) is 0 Å². The van der Waals surface area contributed by atoms with Crippen LogP contribution in [-0.4, -0.2) is 59.7 Å². The molecule has 2 amide bonds. The van der Waals surface area contributed by atoms with Gasteiger partial charge in [0.15, 0.2) is 0 Å². The Balaban J connectivity index is 1.76. The zero-order valence-corrected chi connectivity index (χ0v) is 13.6. The van der Waals surface area contributed by atoms with Crippen molar-refractivity contribution in [1.29, 1.82) is 0 Å². The molecule has 3 heterocycles. The highest BCUT2D eigenvalue weighted by molar-refractivity contribution is 9.10. The van der Waals surface area contributed by atoms with Crippen LogP contribution < -0.4 is 15.5 Å². The number of aromatic nitrogens is 2. The van der Waals surface area contributed by atoms with E-state index < -0.39 is 0 Å². The molecule has 0 bridgehead atoms. The molecule has 2 fully saturated rings. The summed E-state index contributed by atoms with van der Waals surface area (Å²) in [4.78, 5) is 24.4. The quantitative estimate of drug-likeness (QED) is 0.851. The predicted molar refractivity (Wildman–Crippen MR) is 84.6 cm³/mol. The van der Waals surface area contributed by atoms with Crippen LogP contribution in [0.5, 0.6) is 0 Å². The molecule has 8 heteroatoms. The molecule has 114 valence electrons. The molecule has 2 saturated heterocycles. The first kappa shape index (κ1) is 14.4. The number of amides is 2. The van der Waals surface area contributed by atoms with E-state index in [2.05, 4.69) is 48.4 Å². The maximum Gasteiger partial charge on any atom is 0.317 e. The smallest absolute Gasteiger partial charge is 0.317 e. The van der Waals surface area contributed by atoms with Gasteiger partial charge in [-0.15, -0.1) is 0 Å². The monoisotopic (exact) mass is 354 g/mol. The predicted octanol–water partition coefficient (Wildman–Crippen LogP) is 1.27. The number of nitrogens with one attached hydrogen (secondary N) is 2. The van der Waals surface area contributed by atoms with Gasteiger partial charge in [0, 0.05) is 32.7 Å². The van der Waals surface area contributed by atoms with Crippen LogP contribution in [0, 0.1) is 0 Å². The van der Waals surface area contributed by atoms with E-state index in [-0.39, 0.29) is 12.1 Å². The first-order valence-corrected chi connectivity index (χ1v) is 8.03. The van der Waals surface area contributed by atoms with Crippen LogP contribution in [0.2, 0.25) is 0 Å². The van der Waals surface area contributed by atoms with Crippen molar-refractivity contribution in [2.75, 3.05) is 42.9 Å². The Kier molecular flexibility index (Phi) is 4.14. The lowest BCUT2D eigenvalue weighted by Gasteiger charge is -2.37. The van der Waals surface area contributed by atoms with Crippen molar-refractivity contribution in [3.8, 4) is 0 Å². The standard InChI is InChI=1S/C13H19BrN6O/c1-2-3-15-11-10(14)12(18-8-17-11)19-4-5-20-9(7-19)6-16-13(20)21/h8-9H,2-7H2,1H3,(H,16,21)(H,15,17,18). The maximum absolute atomic E-state index is 11.6. The molecule has 3 rings (SSSR count). The number of hydrogen-bond donors (Lipinski definition) is 2. The minimum atomic E-state index is 0.0479. The third kappa shape index (κ3) is 2.76. The molecule has 2 aliphatic rings. The van der Waals surface area contributed by atoms with Crippen molar-refractivity contribution < 1.29 is 4.79 Å². The normalized spacial score (nSPS) is 21.2.